The van der Waals surface area contributed by atoms with Crippen LogP contribution in [0.2, 0.25) is 5.02 Å². The Bertz CT molecular complexity index is 542. The van der Waals surface area contributed by atoms with Crippen LogP contribution in [-0.2, 0) is 11.2 Å². The van der Waals surface area contributed by atoms with Crippen molar-refractivity contribution in [1.82, 2.24) is 0 Å². The van der Waals surface area contributed by atoms with Gasteiger partial charge in [-0.25, -0.2) is 4.39 Å². The predicted octanol–water partition coefficient (Wildman–Crippen LogP) is 4.11. The van der Waals surface area contributed by atoms with Crippen LogP contribution < -0.4 is 5.32 Å². The minimum Gasteiger partial charge on any atom is -0.324 e. The lowest BCUT2D eigenvalue weighted by molar-refractivity contribution is -0.116. The van der Waals surface area contributed by atoms with Crippen molar-refractivity contribution in [2.24, 2.45) is 0 Å². The zero-order valence-corrected chi connectivity index (χ0v) is 11.0. The molecular formula is C13H11ClFNOS. The maximum Gasteiger partial charge on any atom is 0.224 e. The van der Waals surface area contributed by atoms with Gasteiger partial charge in [-0.2, -0.15) is 0 Å². The first kappa shape index (κ1) is 13.1. The van der Waals surface area contributed by atoms with Gasteiger partial charge in [0.2, 0.25) is 5.91 Å². The summed E-state index contributed by atoms with van der Waals surface area (Å²) in [7, 11) is 0. The lowest BCUT2D eigenvalue weighted by atomic mass is 10.2. The van der Waals surface area contributed by atoms with Gasteiger partial charge in [0.05, 0.1) is 5.69 Å². The number of anilines is 1. The standard InChI is InChI=1S/C13H11ClFNOS/c14-9-3-5-12(11(15)8-9)16-13(17)6-4-10-2-1-7-18-10/h1-3,5,7-8H,4,6H2,(H,16,17). The Morgan fingerprint density at radius 3 is 2.89 bits per heavy atom. The van der Waals surface area contributed by atoms with E-state index in [0.717, 1.165) is 4.88 Å². The van der Waals surface area contributed by atoms with Crippen molar-refractivity contribution in [3.8, 4) is 0 Å². The molecule has 0 bridgehead atoms. The van der Waals surface area contributed by atoms with E-state index in [1.807, 2.05) is 17.5 Å². The third kappa shape index (κ3) is 3.55. The van der Waals surface area contributed by atoms with Gasteiger partial charge in [-0.1, -0.05) is 17.7 Å². The normalized spacial score (nSPS) is 10.3. The van der Waals surface area contributed by atoms with E-state index < -0.39 is 5.82 Å². The summed E-state index contributed by atoms with van der Waals surface area (Å²) < 4.78 is 13.4. The summed E-state index contributed by atoms with van der Waals surface area (Å²) in [6.45, 7) is 0. The molecule has 1 heterocycles. The highest BCUT2D eigenvalue weighted by atomic mass is 35.5. The van der Waals surface area contributed by atoms with E-state index in [0.29, 0.717) is 17.9 Å². The molecule has 0 aliphatic rings. The predicted molar refractivity (Wildman–Crippen MR) is 72.7 cm³/mol. The Morgan fingerprint density at radius 2 is 2.22 bits per heavy atom. The van der Waals surface area contributed by atoms with Crippen molar-refractivity contribution in [3.63, 3.8) is 0 Å². The Kier molecular flexibility index (Phi) is 4.33. The molecule has 5 heteroatoms. The molecule has 0 fully saturated rings. The first-order valence-electron chi connectivity index (χ1n) is 5.42. The summed E-state index contributed by atoms with van der Waals surface area (Å²) in [5, 5.41) is 4.81. The van der Waals surface area contributed by atoms with Gasteiger partial charge in [0.25, 0.3) is 0 Å². The highest BCUT2D eigenvalue weighted by molar-refractivity contribution is 7.09. The van der Waals surface area contributed by atoms with Crippen LogP contribution in [0.25, 0.3) is 0 Å². The fourth-order valence-corrected chi connectivity index (χ4v) is 2.36. The molecule has 0 radical (unpaired) electrons. The molecule has 1 aromatic heterocycles. The Labute approximate surface area is 113 Å². The second-order valence-electron chi connectivity index (χ2n) is 3.75. The van der Waals surface area contributed by atoms with E-state index in [1.165, 1.54) is 12.1 Å². The van der Waals surface area contributed by atoms with Crippen LogP contribution in [0.15, 0.2) is 35.7 Å². The molecule has 0 saturated heterocycles. The van der Waals surface area contributed by atoms with Crippen LogP contribution in [0, 0.1) is 5.82 Å². The molecule has 0 atom stereocenters. The number of carbonyl (C=O) groups excluding carboxylic acids is 1. The van der Waals surface area contributed by atoms with Gasteiger partial charge in [-0.05, 0) is 36.1 Å². The number of rotatable bonds is 4. The number of nitrogens with one attached hydrogen (secondary N) is 1. The molecule has 2 aromatic rings. The van der Waals surface area contributed by atoms with Crippen LogP contribution in [0.5, 0.6) is 0 Å². The summed E-state index contributed by atoms with van der Waals surface area (Å²) in [5.41, 5.74) is 0.163. The van der Waals surface area contributed by atoms with Crippen LogP contribution in [0.1, 0.15) is 11.3 Å². The van der Waals surface area contributed by atoms with Crippen molar-refractivity contribution < 1.29 is 9.18 Å². The van der Waals surface area contributed by atoms with Gasteiger partial charge >= 0.3 is 0 Å². The third-order valence-corrected chi connectivity index (χ3v) is 3.56. The number of amides is 1. The molecule has 1 amide bonds. The molecular weight excluding hydrogens is 273 g/mol. The van der Waals surface area contributed by atoms with Gasteiger partial charge in [-0.15, -0.1) is 11.3 Å². The molecule has 2 rings (SSSR count). The lowest BCUT2D eigenvalue weighted by Gasteiger charge is -2.06. The topological polar surface area (TPSA) is 29.1 Å². The number of benzene rings is 1. The average Bonchev–Trinajstić information content (AvgIpc) is 2.83. The summed E-state index contributed by atoms with van der Waals surface area (Å²) in [6, 6.07) is 8.09. The smallest absolute Gasteiger partial charge is 0.224 e. The van der Waals surface area contributed by atoms with E-state index in [2.05, 4.69) is 5.32 Å². The van der Waals surface area contributed by atoms with Crippen LogP contribution in [0.4, 0.5) is 10.1 Å². The maximum atomic E-state index is 13.4. The Morgan fingerprint density at radius 1 is 1.39 bits per heavy atom. The monoisotopic (exact) mass is 283 g/mol. The molecule has 0 spiro atoms. The van der Waals surface area contributed by atoms with Gasteiger partial charge in [-0.3, -0.25) is 4.79 Å². The van der Waals surface area contributed by atoms with Crippen molar-refractivity contribution in [3.05, 3.63) is 51.4 Å². The first-order valence-corrected chi connectivity index (χ1v) is 6.68. The van der Waals surface area contributed by atoms with E-state index in [-0.39, 0.29) is 11.6 Å². The largest absolute Gasteiger partial charge is 0.324 e. The van der Waals surface area contributed by atoms with Crippen molar-refractivity contribution >= 4 is 34.5 Å². The van der Waals surface area contributed by atoms with Crippen LogP contribution in [0.3, 0.4) is 0 Å². The number of aryl methyl sites for hydroxylation is 1. The second kappa shape index (κ2) is 5.98. The maximum absolute atomic E-state index is 13.4. The zero-order valence-electron chi connectivity index (χ0n) is 9.45. The summed E-state index contributed by atoms with van der Waals surface area (Å²) in [4.78, 5) is 12.8. The molecule has 0 aliphatic carbocycles. The zero-order chi connectivity index (χ0) is 13.0. The number of hydrogen-bond acceptors (Lipinski definition) is 2. The number of hydrogen-bond donors (Lipinski definition) is 1. The summed E-state index contributed by atoms with van der Waals surface area (Å²) >= 11 is 7.24. The minimum absolute atomic E-state index is 0.163. The minimum atomic E-state index is -0.521. The van der Waals surface area contributed by atoms with Crippen molar-refractivity contribution in [2.75, 3.05) is 5.32 Å². The highest BCUT2D eigenvalue weighted by Gasteiger charge is 2.07. The molecule has 0 aliphatic heterocycles. The van der Waals surface area contributed by atoms with Crippen LogP contribution in [-0.4, -0.2) is 5.91 Å². The SMILES string of the molecule is O=C(CCc1cccs1)Nc1ccc(Cl)cc1F. The third-order valence-electron chi connectivity index (χ3n) is 2.38. The van der Waals surface area contributed by atoms with Gasteiger partial charge in [0.1, 0.15) is 5.82 Å². The second-order valence-corrected chi connectivity index (χ2v) is 5.22. The summed E-state index contributed by atoms with van der Waals surface area (Å²) in [6.07, 6.45) is 1.00. The van der Waals surface area contributed by atoms with Gasteiger partial charge in [0.15, 0.2) is 0 Å². The Balaban J connectivity index is 1.91. The molecule has 1 aromatic carbocycles. The van der Waals surface area contributed by atoms with Crippen LogP contribution >= 0.6 is 22.9 Å². The van der Waals surface area contributed by atoms with E-state index in [1.54, 1.807) is 17.4 Å². The van der Waals surface area contributed by atoms with E-state index in [4.69, 9.17) is 11.6 Å². The molecule has 0 unspecified atom stereocenters. The quantitative estimate of drug-likeness (QED) is 0.899. The van der Waals surface area contributed by atoms with Crippen molar-refractivity contribution in [2.45, 2.75) is 12.8 Å². The van der Waals surface area contributed by atoms with Gasteiger partial charge in [0, 0.05) is 16.3 Å². The van der Waals surface area contributed by atoms with Crippen molar-refractivity contribution in [1.29, 1.82) is 0 Å². The van der Waals surface area contributed by atoms with E-state index >= 15 is 0 Å². The van der Waals surface area contributed by atoms with Gasteiger partial charge < -0.3 is 5.32 Å². The Hall–Kier alpha value is -1.39. The molecule has 2 nitrogen and oxygen atoms in total. The van der Waals surface area contributed by atoms with E-state index in [9.17, 15) is 9.18 Å². The number of thiophene rings is 1. The summed E-state index contributed by atoms with van der Waals surface area (Å²) in [5.74, 6) is -0.725. The number of halogens is 2. The highest BCUT2D eigenvalue weighted by Crippen LogP contribution is 2.19. The molecule has 0 saturated carbocycles. The lowest BCUT2D eigenvalue weighted by Crippen LogP contribution is -2.13. The fourth-order valence-electron chi connectivity index (χ4n) is 1.50. The molecule has 1 N–H and O–H groups in total. The fraction of sp³-hybridized carbons (Fsp3) is 0.154. The molecule has 18 heavy (non-hydrogen) atoms. The number of carbonyl (C=O) groups is 1. The average molecular weight is 284 g/mol. The first-order chi connectivity index (χ1) is 8.65. The molecule has 94 valence electrons.